The molecule has 3 aromatic rings. The molecule has 4 rings (SSSR count). The number of hydrogen-bond acceptors (Lipinski definition) is 5. The zero-order valence-electron chi connectivity index (χ0n) is 13.4. The first-order chi connectivity index (χ1) is 12.2. The first-order valence-electron chi connectivity index (χ1n) is 8.08. The lowest BCUT2D eigenvalue weighted by atomic mass is 10.2. The van der Waals surface area contributed by atoms with Crippen molar-refractivity contribution in [3.63, 3.8) is 0 Å². The van der Waals surface area contributed by atoms with Gasteiger partial charge in [0, 0.05) is 15.1 Å². The zero-order valence-corrected chi connectivity index (χ0v) is 16.4. The summed E-state index contributed by atoms with van der Waals surface area (Å²) in [6.07, 6.45) is 3.98. The number of furan rings is 1. The Labute approximate surface area is 163 Å². The van der Waals surface area contributed by atoms with Gasteiger partial charge < -0.3 is 4.42 Å². The third-order valence-corrected chi connectivity index (χ3v) is 5.77. The molecule has 0 N–H and O–H groups in total. The summed E-state index contributed by atoms with van der Waals surface area (Å²) in [5.74, 6) is 2.81. The number of ketones is 1. The van der Waals surface area contributed by atoms with Gasteiger partial charge in [-0.3, -0.25) is 9.36 Å². The molecule has 0 saturated heterocycles. The van der Waals surface area contributed by atoms with Gasteiger partial charge >= 0.3 is 0 Å². The van der Waals surface area contributed by atoms with E-state index in [-0.39, 0.29) is 5.78 Å². The van der Waals surface area contributed by atoms with Gasteiger partial charge in [-0.05, 0) is 59.7 Å². The lowest BCUT2D eigenvalue weighted by Gasteiger charge is -2.08. The lowest BCUT2D eigenvalue weighted by Crippen LogP contribution is -2.07. The van der Waals surface area contributed by atoms with E-state index in [9.17, 15) is 4.79 Å². The zero-order chi connectivity index (χ0) is 17.2. The molecule has 5 nitrogen and oxygen atoms in total. The lowest BCUT2D eigenvalue weighted by molar-refractivity contribution is 0.102. The highest BCUT2D eigenvalue weighted by atomic mass is 127. The molecule has 0 atom stereocenters. The van der Waals surface area contributed by atoms with E-state index in [1.165, 1.54) is 11.8 Å². The maximum Gasteiger partial charge on any atom is 0.192 e. The van der Waals surface area contributed by atoms with Crippen LogP contribution in [0.4, 0.5) is 0 Å². The van der Waals surface area contributed by atoms with Gasteiger partial charge in [-0.2, -0.15) is 0 Å². The van der Waals surface area contributed by atoms with Gasteiger partial charge in [-0.25, -0.2) is 0 Å². The average molecular weight is 465 g/mol. The van der Waals surface area contributed by atoms with Crippen LogP contribution in [0.15, 0.2) is 52.2 Å². The number of nitrogens with zero attached hydrogens (tertiary/aromatic N) is 3. The van der Waals surface area contributed by atoms with E-state index in [2.05, 4.69) is 37.4 Å². The van der Waals surface area contributed by atoms with Gasteiger partial charge in [0.1, 0.15) is 11.6 Å². The van der Waals surface area contributed by atoms with E-state index in [4.69, 9.17) is 4.42 Å². The van der Waals surface area contributed by atoms with Gasteiger partial charge in [0.2, 0.25) is 0 Å². The molecule has 2 heterocycles. The van der Waals surface area contributed by atoms with E-state index in [1.807, 2.05) is 36.4 Å². The standard InChI is InChI=1S/C18H16IN3O2S/c19-14-7-5-12(6-8-14)16(23)11-25-18-21-20-17(13-3-4-13)22(18)10-15-2-1-9-24-15/h1-2,5-9,13H,3-4,10-11H2. The van der Waals surface area contributed by atoms with Crippen molar-refractivity contribution in [2.75, 3.05) is 5.75 Å². The van der Waals surface area contributed by atoms with Crippen molar-refractivity contribution in [1.82, 2.24) is 14.8 Å². The third kappa shape index (κ3) is 3.98. The van der Waals surface area contributed by atoms with Gasteiger partial charge in [-0.1, -0.05) is 23.9 Å². The summed E-state index contributed by atoms with van der Waals surface area (Å²) in [6, 6.07) is 11.5. The van der Waals surface area contributed by atoms with E-state index in [0.717, 1.165) is 38.7 Å². The summed E-state index contributed by atoms with van der Waals surface area (Å²) in [7, 11) is 0. The number of thioether (sulfide) groups is 1. The van der Waals surface area contributed by atoms with Crippen LogP contribution in [-0.4, -0.2) is 26.3 Å². The molecule has 1 aromatic carbocycles. The van der Waals surface area contributed by atoms with Crippen molar-refractivity contribution >= 4 is 40.1 Å². The number of rotatable bonds is 7. The number of aromatic nitrogens is 3. The second-order valence-electron chi connectivity index (χ2n) is 6.00. The number of carbonyl (C=O) groups is 1. The molecular formula is C18H16IN3O2S. The Morgan fingerprint density at radius 1 is 1.24 bits per heavy atom. The van der Waals surface area contributed by atoms with Crippen LogP contribution in [0.1, 0.15) is 40.7 Å². The Morgan fingerprint density at radius 3 is 2.72 bits per heavy atom. The van der Waals surface area contributed by atoms with Crippen molar-refractivity contribution in [3.8, 4) is 0 Å². The van der Waals surface area contributed by atoms with Crippen LogP contribution >= 0.6 is 34.4 Å². The number of hydrogen-bond donors (Lipinski definition) is 0. The molecule has 0 aliphatic heterocycles. The minimum atomic E-state index is 0.0990. The Bertz CT molecular complexity index is 870. The van der Waals surface area contributed by atoms with Gasteiger partial charge in [0.25, 0.3) is 0 Å². The summed E-state index contributed by atoms with van der Waals surface area (Å²) < 4.78 is 8.67. The van der Waals surface area contributed by atoms with Crippen LogP contribution < -0.4 is 0 Å². The Balaban J connectivity index is 1.50. The van der Waals surface area contributed by atoms with E-state index >= 15 is 0 Å². The summed E-state index contributed by atoms with van der Waals surface area (Å²) >= 11 is 3.67. The molecule has 0 amide bonds. The second kappa shape index (κ2) is 7.33. The Morgan fingerprint density at radius 2 is 2.04 bits per heavy atom. The molecule has 128 valence electrons. The fraction of sp³-hybridized carbons (Fsp3) is 0.278. The van der Waals surface area contributed by atoms with E-state index < -0.39 is 0 Å². The third-order valence-electron chi connectivity index (χ3n) is 4.08. The van der Waals surface area contributed by atoms with Crippen molar-refractivity contribution in [2.45, 2.75) is 30.5 Å². The highest BCUT2D eigenvalue weighted by Crippen LogP contribution is 2.40. The number of Topliss-reactive ketones (excluding diaryl/α,β-unsaturated/α-hetero) is 1. The SMILES string of the molecule is O=C(CSc1nnc(C2CC2)n1Cc1ccco1)c1ccc(I)cc1. The molecule has 0 bridgehead atoms. The highest BCUT2D eigenvalue weighted by Gasteiger charge is 2.30. The summed E-state index contributed by atoms with van der Waals surface area (Å²) in [5, 5.41) is 9.45. The topological polar surface area (TPSA) is 60.9 Å². The first kappa shape index (κ1) is 16.8. The minimum Gasteiger partial charge on any atom is -0.467 e. The molecule has 1 aliphatic rings. The van der Waals surface area contributed by atoms with Gasteiger partial charge in [0.15, 0.2) is 10.9 Å². The molecule has 1 aliphatic carbocycles. The maximum atomic E-state index is 12.4. The smallest absolute Gasteiger partial charge is 0.192 e. The number of benzene rings is 1. The maximum absolute atomic E-state index is 12.4. The fourth-order valence-electron chi connectivity index (χ4n) is 2.61. The summed E-state index contributed by atoms with van der Waals surface area (Å²) in [5.41, 5.74) is 0.729. The molecule has 25 heavy (non-hydrogen) atoms. The van der Waals surface area contributed by atoms with Gasteiger partial charge in [0.05, 0.1) is 18.6 Å². The molecule has 1 fully saturated rings. The minimum absolute atomic E-state index is 0.0990. The van der Waals surface area contributed by atoms with Crippen LogP contribution in [0.25, 0.3) is 0 Å². The predicted octanol–water partition coefficient (Wildman–Crippen LogP) is 4.38. The predicted molar refractivity (Wildman–Crippen MR) is 104 cm³/mol. The molecule has 0 unspecified atom stereocenters. The van der Waals surface area contributed by atoms with Crippen LogP contribution in [0, 0.1) is 3.57 Å². The van der Waals surface area contributed by atoms with Crippen molar-refractivity contribution in [2.24, 2.45) is 0 Å². The fourth-order valence-corrected chi connectivity index (χ4v) is 3.81. The number of halogens is 1. The Hall–Kier alpha value is -1.61. The summed E-state index contributed by atoms with van der Waals surface area (Å²) in [4.78, 5) is 12.4. The molecule has 2 aromatic heterocycles. The van der Waals surface area contributed by atoms with Crippen molar-refractivity contribution in [3.05, 3.63) is 63.4 Å². The van der Waals surface area contributed by atoms with Crippen LogP contribution in [0.2, 0.25) is 0 Å². The summed E-state index contributed by atoms with van der Waals surface area (Å²) in [6.45, 7) is 0.603. The van der Waals surface area contributed by atoms with Crippen LogP contribution in [0.5, 0.6) is 0 Å². The van der Waals surface area contributed by atoms with E-state index in [1.54, 1.807) is 6.26 Å². The molecule has 1 saturated carbocycles. The molecule has 0 spiro atoms. The molecule has 0 radical (unpaired) electrons. The largest absolute Gasteiger partial charge is 0.467 e. The quantitative estimate of drug-likeness (QED) is 0.295. The highest BCUT2D eigenvalue weighted by molar-refractivity contribution is 14.1. The number of carbonyl (C=O) groups excluding carboxylic acids is 1. The average Bonchev–Trinajstić information content (AvgIpc) is 3.18. The molecular weight excluding hydrogens is 449 g/mol. The van der Waals surface area contributed by atoms with Crippen molar-refractivity contribution < 1.29 is 9.21 Å². The first-order valence-corrected chi connectivity index (χ1v) is 10.1. The van der Waals surface area contributed by atoms with Crippen molar-refractivity contribution in [1.29, 1.82) is 0 Å². The van der Waals surface area contributed by atoms with Crippen LogP contribution in [-0.2, 0) is 6.54 Å². The monoisotopic (exact) mass is 465 g/mol. The van der Waals surface area contributed by atoms with Gasteiger partial charge in [-0.15, -0.1) is 10.2 Å². The Kier molecular flexibility index (Phi) is 4.93. The second-order valence-corrected chi connectivity index (χ2v) is 8.19. The molecule has 7 heteroatoms. The van der Waals surface area contributed by atoms with Crippen LogP contribution in [0.3, 0.4) is 0 Å². The normalized spacial score (nSPS) is 14.0. The van der Waals surface area contributed by atoms with E-state index in [0.29, 0.717) is 18.2 Å².